The van der Waals surface area contributed by atoms with Crippen molar-refractivity contribution in [3.63, 3.8) is 0 Å². The number of benzene rings is 2. The largest absolute Gasteiger partial charge is 0.399 e. The molecule has 0 spiro atoms. The molecule has 0 aliphatic rings. The SMILES string of the molecule is CC(C)(C(=O)NCc1cccc(F)c1)c1ccc(N)cc1. The van der Waals surface area contributed by atoms with E-state index >= 15 is 0 Å². The number of nitrogen functional groups attached to an aromatic ring is 1. The van der Waals surface area contributed by atoms with Crippen molar-refractivity contribution >= 4 is 11.6 Å². The van der Waals surface area contributed by atoms with Crippen LogP contribution >= 0.6 is 0 Å². The van der Waals surface area contributed by atoms with E-state index in [2.05, 4.69) is 5.32 Å². The van der Waals surface area contributed by atoms with Gasteiger partial charge in [-0.1, -0.05) is 24.3 Å². The van der Waals surface area contributed by atoms with Gasteiger partial charge >= 0.3 is 0 Å². The van der Waals surface area contributed by atoms with Gasteiger partial charge in [-0.25, -0.2) is 4.39 Å². The molecule has 4 heteroatoms. The summed E-state index contributed by atoms with van der Waals surface area (Å²) in [4.78, 5) is 12.4. The molecule has 0 radical (unpaired) electrons. The Morgan fingerprint density at radius 1 is 1.19 bits per heavy atom. The van der Waals surface area contributed by atoms with Gasteiger partial charge < -0.3 is 11.1 Å². The van der Waals surface area contributed by atoms with E-state index in [1.807, 2.05) is 26.0 Å². The van der Waals surface area contributed by atoms with Gasteiger partial charge in [0.15, 0.2) is 0 Å². The fourth-order valence-corrected chi connectivity index (χ4v) is 2.08. The van der Waals surface area contributed by atoms with Gasteiger partial charge in [0.2, 0.25) is 5.91 Å². The Kier molecular flexibility index (Phi) is 4.26. The summed E-state index contributed by atoms with van der Waals surface area (Å²) < 4.78 is 13.1. The zero-order valence-corrected chi connectivity index (χ0v) is 12.2. The molecule has 0 heterocycles. The van der Waals surface area contributed by atoms with Crippen LogP contribution in [0.1, 0.15) is 25.0 Å². The Balaban J connectivity index is 2.06. The average molecular weight is 286 g/mol. The number of hydrogen-bond acceptors (Lipinski definition) is 2. The van der Waals surface area contributed by atoms with Gasteiger partial charge in [0.05, 0.1) is 5.41 Å². The normalized spacial score (nSPS) is 11.2. The molecule has 0 atom stereocenters. The molecule has 0 aromatic heterocycles. The standard InChI is InChI=1S/C17H19FN2O/c1-17(2,13-6-8-15(19)9-7-13)16(21)20-11-12-4-3-5-14(18)10-12/h3-10H,11,19H2,1-2H3,(H,20,21). The predicted octanol–water partition coefficient (Wildman–Crippen LogP) is 3.00. The summed E-state index contributed by atoms with van der Waals surface area (Å²) in [6.07, 6.45) is 0. The summed E-state index contributed by atoms with van der Waals surface area (Å²) in [5, 5.41) is 2.84. The van der Waals surface area contributed by atoms with E-state index in [1.54, 1.807) is 24.3 Å². The maximum Gasteiger partial charge on any atom is 0.230 e. The molecule has 2 rings (SSSR count). The van der Waals surface area contributed by atoms with Crippen molar-refractivity contribution in [2.24, 2.45) is 0 Å². The van der Waals surface area contributed by atoms with Crippen molar-refractivity contribution in [3.05, 3.63) is 65.5 Å². The minimum atomic E-state index is -0.680. The Hall–Kier alpha value is -2.36. The second-order valence-corrected chi connectivity index (χ2v) is 5.56. The van der Waals surface area contributed by atoms with Gasteiger partial charge in [-0.3, -0.25) is 4.79 Å². The number of carbonyl (C=O) groups excluding carboxylic acids is 1. The molecule has 0 bridgehead atoms. The highest BCUT2D eigenvalue weighted by atomic mass is 19.1. The smallest absolute Gasteiger partial charge is 0.230 e. The highest BCUT2D eigenvalue weighted by Gasteiger charge is 2.29. The maximum absolute atomic E-state index is 13.1. The number of nitrogens with one attached hydrogen (secondary N) is 1. The van der Waals surface area contributed by atoms with E-state index in [0.29, 0.717) is 12.2 Å². The van der Waals surface area contributed by atoms with Crippen molar-refractivity contribution in [1.82, 2.24) is 5.32 Å². The molecule has 110 valence electrons. The third-order valence-electron chi connectivity index (χ3n) is 3.54. The summed E-state index contributed by atoms with van der Waals surface area (Å²) in [6.45, 7) is 3.99. The fourth-order valence-electron chi connectivity index (χ4n) is 2.08. The lowest BCUT2D eigenvalue weighted by atomic mass is 9.83. The van der Waals surface area contributed by atoms with Crippen LogP contribution in [0.4, 0.5) is 10.1 Å². The zero-order valence-electron chi connectivity index (χ0n) is 12.2. The summed E-state index contributed by atoms with van der Waals surface area (Å²) >= 11 is 0. The molecule has 21 heavy (non-hydrogen) atoms. The first-order valence-electron chi connectivity index (χ1n) is 6.78. The molecule has 3 N–H and O–H groups in total. The second kappa shape index (κ2) is 5.95. The molecule has 1 amide bonds. The first-order chi connectivity index (χ1) is 9.89. The van der Waals surface area contributed by atoms with Crippen molar-refractivity contribution < 1.29 is 9.18 Å². The number of amides is 1. The molecule has 0 fully saturated rings. The van der Waals surface area contributed by atoms with Gasteiger partial charge in [-0.2, -0.15) is 0 Å². The van der Waals surface area contributed by atoms with Gasteiger partial charge in [0, 0.05) is 12.2 Å². The minimum Gasteiger partial charge on any atom is -0.399 e. The van der Waals surface area contributed by atoms with E-state index in [-0.39, 0.29) is 11.7 Å². The number of halogens is 1. The summed E-state index contributed by atoms with van der Waals surface area (Å²) in [5.74, 6) is -0.420. The zero-order chi connectivity index (χ0) is 15.5. The van der Waals surface area contributed by atoms with Crippen LogP contribution in [0.3, 0.4) is 0 Å². The molecule has 0 saturated carbocycles. The Morgan fingerprint density at radius 3 is 2.48 bits per heavy atom. The maximum atomic E-state index is 13.1. The van der Waals surface area contributed by atoms with Crippen molar-refractivity contribution in [3.8, 4) is 0 Å². The van der Waals surface area contributed by atoms with Crippen LogP contribution in [0.2, 0.25) is 0 Å². The fraction of sp³-hybridized carbons (Fsp3) is 0.235. The van der Waals surface area contributed by atoms with Crippen molar-refractivity contribution in [1.29, 1.82) is 0 Å². The lowest BCUT2D eigenvalue weighted by Gasteiger charge is -2.24. The first-order valence-corrected chi connectivity index (χ1v) is 6.78. The lowest BCUT2D eigenvalue weighted by molar-refractivity contribution is -0.125. The molecule has 2 aromatic rings. The Morgan fingerprint density at radius 2 is 1.86 bits per heavy atom. The highest BCUT2D eigenvalue weighted by molar-refractivity contribution is 5.87. The Bertz CT molecular complexity index is 635. The van der Waals surface area contributed by atoms with Gasteiger partial charge in [0.25, 0.3) is 0 Å². The summed E-state index contributed by atoms with van der Waals surface area (Å²) in [7, 11) is 0. The second-order valence-electron chi connectivity index (χ2n) is 5.56. The van der Waals surface area contributed by atoms with Crippen LogP contribution in [-0.2, 0) is 16.8 Å². The van der Waals surface area contributed by atoms with E-state index < -0.39 is 5.41 Å². The topological polar surface area (TPSA) is 55.1 Å². The van der Waals surface area contributed by atoms with Crippen LogP contribution in [0, 0.1) is 5.82 Å². The predicted molar refractivity (Wildman–Crippen MR) is 82.1 cm³/mol. The van der Waals surface area contributed by atoms with Gasteiger partial charge in [0.1, 0.15) is 5.82 Å². The third kappa shape index (κ3) is 3.60. The third-order valence-corrected chi connectivity index (χ3v) is 3.54. The van der Waals surface area contributed by atoms with Crippen LogP contribution in [-0.4, -0.2) is 5.91 Å². The Labute approximate surface area is 124 Å². The molecule has 0 saturated heterocycles. The molecular weight excluding hydrogens is 267 g/mol. The highest BCUT2D eigenvalue weighted by Crippen LogP contribution is 2.24. The number of hydrogen-bond donors (Lipinski definition) is 2. The molecule has 2 aromatic carbocycles. The van der Waals surface area contributed by atoms with E-state index in [1.165, 1.54) is 12.1 Å². The monoisotopic (exact) mass is 286 g/mol. The van der Waals surface area contributed by atoms with Crippen LogP contribution in [0.15, 0.2) is 48.5 Å². The summed E-state index contributed by atoms with van der Waals surface area (Å²) in [6, 6.07) is 13.4. The number of rotatable bonds is 4. The van der Waals surface area contributed by atoms with Crippen LogP contribution in [0.5, 0.6) is 0 Å². The molecule has 0 aliphatic carbocycles. The first kappa shape index (κ1) is 15.0. The van der Waals surface area contributed by atoms with Crippen LogP contribution in [0.25, 0.3) is 0 Å². The minimum absolute atomic E-state index is 0.114. The molecule has 0 aliphatic heterocycles. The van der Waals surface area contributed by atoms with E-state index in [4.69, 9.17) is 5.73 Å². The number of carbonyl (C=O) groups is 1. The average Bonchev–Trinajstić information content (AvgIpc) is 2.45. The van der Waals surface area contributed by atoms with Gasteiger partial charge in [-0.05, 0) is 49.2 Å². The van der Waals surface area contributed by atoms with E-state index in [9.17, 15) is 9.18 Å². The molecule has 3 nitrogen and oxygen atoms in total. The molecule has 0 unspecified atom stereocenters. The summed E-state index contributed by atoms with van der Waals surface area (Å²) in [5.41, 5.74) is 7.26. The quantitative estimate of drug-likeness (QED) is 0.849. The van der Waals surface area contributed by atoms with Crippen molar-refractivity contribution in [2.75, 3.05) is 5.73 Å². The van der Waals surface area contributed by atoms with Crippen molar-refractivity contribution in [2.45, 2.75) is 25.8 Å². The molecular formula is C17H19FN2O. The van der Waals surface area contributed by atoms with Gasteiger partial charge in [-0.15, -0.1) is 0 Å². The lowest BCUT2D eigenvalue weighted by Crippen LogP contribution is -2.39. The number of anilines is 1. The van der Waals surface area contributed by atoms with Crippen LogP contribution < -0.4 is 11.1 Å². The van der Waals surface area contributed by atoms with E-state index in [0.717, 1.165) is 11.1 Å². The number of nitrogens with two attached hydrogens (primary N) is 1.